The first-order valence-corrected chi connectivity index (χ1v) is 16.1. The maximum absolute atomic E-state index is 11.7. The second kappa shape index (κ2) is 12.4. The second-order valence-electron chi connectivity index (χ2n) is 10.6. The van der Waals surface area contributed by atoms with E-state index in [1.54, 1.807) is 0 Å². The number of sulfone groups is 1. The Balaban J connectivity index is 1.31. The Hall–Kier alpha value is -3.72. The number of hydrogen-bond acceptors (Lipinski definition) is 8. The van der Waals surface area contributed by atoms with E-state index in [9.17, 15) is 13.2 Å². The molecule has 0 fully saturated rings. The third-order valence-corrected chi connectivity index (χ3v) is 8.67. The van der Waals surface area contributed by atoms with Crippen molar-refractivity contribution in [1.82, 2.24) is 0 Å². The Morgan fingerprint density at radius 2 is 1.83 bits per heavy atom. The van der Waals surface area contributed by atoms with E-state index >= 15 is 0 Å². The van der Waals surface area contributed by atoms with Gasteiger partial charge in [0.05, 0.1) is 32.5 Å². The van der Waals surface area contributed by atoms with E-state index in [2.05, 4.69) is 42.2 Å². The van der Waals surface area contributed by atoms with Crippen molar-refractivity contribution in [1.29, 1.82) is 0 Å². The number of nitrogens with zero attached hydrogens (tertiary/aromatic N) is 1. The van der Waals surface area contributed by atoms with E-state index < -0.39 is 9.84 Å². The summed E-state index contributed by atoms with van der Waals surface area (Å²) in [6.45, 7) is 5.19. The normalized spacial score (nSPS) is 15.7. The SMILES string of the molecule is CCN1CCc2cc(OCCCS(C)(=O)=O)ccc2-c2cc(COc3ccc4c(c3)OC[C@H]4CC(=O)OC)ccc21. The van der Waals surface area contributed by atoms with Crippen LogP contribution in [0, 0.1) is 0 Å². The molecule has 3 aromatic rings. The Morgan fingerprint density at radius 3 is 2.61 bits per heavy atom. The van der Waals surface area contributed by atoms with Gasteiger partial charge in [0.15, 0.2) is 0 Å². The molecule has 0 spiro atoms. The molecule has 2 aliphatic rings. The molecular formula is C32H37NO7S. The maximum atomic E-state index is 11.7. The molecule has 41 heavy (non-hydrogen) atoms. The Bertz CT molecular complexity index is 1520. The molecule has 8 nitrogen and oxygen atoms in total. The molecule has 1 atom stereocenters. The van der Waals surface area contributed by atoms with Crippen molar-refractivity contribution in [2.45, 2.75) is 38.7 Å². The van der Waals surface area contributed by atoms with Crippen LogP contribution in [0.4, 0.5) is 5.69 Å². The number of esters is 1. The van der Waals surface area contributed by atoms with Crippen LogP contribution in [0.15, 0.2) is 54.6 Å². The van der Waals surface area contributed by atoms with Crippen LogP contribution < -0.4 is 19.1 Å². The highest BCUT2D eigenvalue weighted by molar-refractivity contribution is 7.90. The first kappa shape index (κ1) is 28.8. The Morgan fingerprint density at radius 1 is 1.02 bits per heavy atom. The van der Waals surface area contributed by atoms with E-state index in [0.29, 0.717) is 38.4 Å². The summed E-state index contributed by atoms with van der Waals surface area (Å²) in [6, 6.07) is 18.4. The highest BCUT2D eigenvalue weighted by atomic mass is 32.2. The summed E-state index contributed by atoms with van der Waals surface area (Å²) in [7, 11) is -1.60. The van der Waals surface area contributed by atoms with E-state index in [-0.39, 0.29) is 17.6 Å². The molecule has 5 rings (SSSR count). The predicted molar refractivity (Wildman–Crippen MR) is 159 cm³/mol. The van der Waals surface area contributed by atoms with Crippen molar-refractivity contribution < 1.29 is 32.2 Å². The van der Waals surface area contributed by atoms with Gasteiger partial charge in [0, 0.05) is 48.1 Å². The first-order valence-electron chi connectivity index (χ1n) is 14.0. The zero-order valence-corrected chi connectivity index (χ0v) is 24.7. The standard InChI is InChI=1S/C32H37NO7S/c1-4-33-13-12-23-17-25(38-14-5-15-41(3,35)36)7-9-27(23)29-16-22(6-11-30(29)33)20-39-26-8-10-28-24(18-32(34)37-2)21-40-31(28)19-26/h6-11,16-17,19,24H,4-5,12-15,18,20-21H2,1-3H3/t24-/m1/s1. The molecule has 0 amide bonds. The van der Waals surface area contributed by atoms with Crippen LogP contribution >= 0.6 is 0 Å². The Kier molecular flexibility index (Phi) is 8.73. The van der Waals surface area contributed by atoms with E-state index in [1.807, 2.05) is 24.3 Å². The summed E-state index contributed by atoms with van der Waals surface area (Å²) in [5.41, 5.74) is 6.79. The minimum absolute atomic E-state index is 0.00365. The fourth-order valence-electron chi connectivity index (χ4n) is 5.48. The smallest absolute Gasteiger partial charge is 0.306 e. The lowest BCUT2D eigenvalue weighted by Gasteiger charge is -2.23. The lowest BCUT2D eigenvalue weighted by Crippen LogP contribution is -2.24. The molecule has 0 aromatic heterocycles. The van der Waals surface area contributed by atoms with Crippen molar-refractivity contribution in [3.05, 3.63) is 71.3 Å². The summed E-state index contributed by atoms with van der Waals surface area (Å²) in [5.74, 6) is 2.10. The van der Waals surface area contributed by atoms with E-state index in [1.165, 1.54) is 30.2 Å². The quantitative estimate of drug-likeness (QED) is 0.227. The number of benzene rings is 3. The van der Waals surface area contributed by atoms with Crippen LogP contribution in [-0.2, 0) is 32.4 Å². The minimum Gasteiger partial charge on any atom is -0.494 e. The number of hydrogen-bond donors (Lipinski definition) is 0. The number of anilines is 1. The largest absolute Gasteiger partial charge is 0.494 e. The summed E-state index contributed by atoms with van der Waals surface area (Å²) < 4.78 is 45.5. The molecule has 0 unspecified atom stereocenters. The third kappa shape index (κ3) is 6.96. The second-order valence-corrected chi connectivity index (χ2v) is 12.9. The summed E-state index contributed by atoms with van der Waals surface area (Å²) in [6.07, 6.45) is 2.90. The minimum atomic E-state index is -2.99. The molecule has 0 radical (unpaired) electrons. The van der Waals surface area contributed by atoms with Crippen LogP contribution in [0.2, 0.25) is 0 Å². The number of likely N-dealkylation sites (N-methyl/N-ethyl adjacent to an activating group) is 1. The summed E-state index contributed by atoms with van der Waals surface area (Å²) >= 11 is 0. The summed E-state index contributed by atoms with van der Waals surface area (Å²) in [4.78, 5) is 14.1. The van der Waals surface area contributed by atoms with Crippen molar-refractivity contribution in [2.24, 2.45) is 0 Å². The van der Waals surface area contributed by atoms with Crippen LogP contribution in [0.3, 0.4) is 0 Å². The zero-order valence-electron chi connectivity index (χ0n) is 23.9. The molecule has 218 valence electrons. The molecular weight excluding hydrogens is 542 g/mol. The van der Waals surface area contributed by atoms with Gasteiger partial charge in [0.25, 0.3) is 0 Å². The van der Waals surface area contributed by atoms with Gasteiger partial charge in [0.2, 0.25) is 0 Å². The van der Waals surface area contributed by atoms with Gasteiger partial charge in [-0.2, -0.15) is 0 Å². The topological polar surface area (TPSA) is 91.4 Å². The summed E-state index contributed by atoms with van der Waals surface area (Å²) in [5, 5.41) is 0. The van der Waals surface area contributed by atoms with Gasteiger partial charge in [-0.25, -0.2) is 8.42 Å². The van der Waals surface area contributed by atoms with Crippen LogP contribution in [0.5, 0.6) is 17.2 Å². The van der Waals surface area contributed by atoms with Gasteiger partial charge in [-0.15, -0.1) is 0 Å². The maximum Gasteiger partial charge on any atom is 0.306 e. The number of methoxy groups -OCH3 is 1. The van der Waals surface area contributed by atoms with Gasteiger partial charge in [0.1, 0.15) is 33.7 Å². The van der Waals surface area contributed by atoms with Crippen molar-refractivity contribution in [3.8, 4) is 28.4 Å². The molecule has 0 aliphatic carbocycles. The van der Waals surface area contributed by atoms with Crippen LogP contribution in [0.1, 0.15) is 42.4 Å². The lowest BCUT2D eigenvalue weighted by atomic mass is 9.96. The van der Waals surface area contributed by atoms with Gasteiger partial charge >= 0.3 is 5.97 Å². The monoisotopic (exact) mass is 579 g/mol. The number of rotatable bonds is 11. The van der Waals surface area contributed by atoms with E-state index in [4.69, 9.17) is 18.9 Å². The van der Waals surface area contributed by atoms with Crippen molar-refractivity contribution in [3.63, 3.8) is 0 Å². The van der Waals surface area contributed by atoms with Gasteiger partial charge in [-0.1, -0.05) is 18.2 Å². The average Bonchev–Trinajstić information content (AvgIpc) is 3.28. The van der Waals surface area contributed by atoms with E-state index in [0.717, 1.165) is 47.7 Å². The first-order chi connectivity index (χ1) is 19.7. The lowest BCUT2D eigenvalue weighted by molar-refractivity contribution is -0.141. The van der Waals surface area contributed by atoms with Gasteiger partial charge in [-0.3, -0.25) is 4.79 Å². The van der Waals surface area contributed by atoms with Crippen molar-refractivity contribution in [2.75, 3.05) is 50.3 Å². The molecule has 2 aliphatic heterocycles. The molecule has 2 heterocycles. The van der Waals surface area contributed by atoms with Crippen LogP contribution in [0.25, 0.3) is 11.1 Å². The van der Waals surface area contributed by atoms with Gasteiger partial charge < -0.3 is 23.8 Å². The highest BCUT2D eigenvalue weighted by Crippen LogP contribution is 2.40. The number of ether oxygens (including phenoxy) is 4. The number of carbonyl (C=O) groups is 1. The fraction of sp³-hybridized carbons (Fsp3) is 0.406. The average molecular weight is 580 g/mol. The molecule has 0 saturated carbocycles. The molecule has 0 saturated heterocycles. The van der Waals surface area contributed by atoms with Crippen molar-refractivity contribution >= 4 is 21.5 Å². The molecule has 0 N–H and O–H groups in total. The predicted octanol–water partition coefficient (Wildman–Crippen LogP) is 5.17. The number of carbonyl (C=O) groups excluding carboxylic acids is 1. The Labute approximate surface area is 242 Å². The molecule has 0 bridgehead atoms. The van der Waals surface area contributed by atoms with Gasteiger partial charge in [-0.05, 0) is 66.8 Å². The third-order valence-electron chi connectivity index (χ3n) is 7.64. The van der Waals surface area contributed by atoms with Crippen LogP contribution in [-0.4, -0.2) is 59.8 Å². The zero-order chi connectivity index (χ0) is 29.0. The number of fused-ring (bicyclic) bond motifs is 4. The molecule has 9 heteroatoms. The fourth-order valence-corrected chi connectivity index (χ4v) is 6.12. The highest BCUT2D eigenvalue weighted by Gasteiger charge is 2.27. The molecule has 3 aromatic carbocycles.